The van der Waals surface area contributed by atoms with Gasteiger partial charge in [-0.1, -0.05) is 35.9 Å². The van der Waals surface area contributed by atoms with E-state index in [1.165, 1.54) is 5.56 Å². The molecule has 0 bridgehead atoms. The third kappa shape index (κ3) is 5.44. The highest BCUT2D eigenvalue weighted by atomic mass is 16.5. The van der Waals surface area contributed by atoms with Crippen LogP contribution < -0.4 is 10.3 Å². The molecule has 11 nitrogen and oxygen atoms in total. The standard InChI is InChI=1S/C28H31N9O2/c1-20-5-4-6-21(17-20)18-31-34-25-24-26(33-28(32-25)36-13-15-39-16-14-36)37(19-30-24)22-8-11-35(12-9-22)27(38)23-7-2-3-10-29-23/h2-7,10,17-19,22H,8-9,11-16H2,1H3,(H,32,33,34)/b31-18+. The molecule has 3 aromatic heterocycles. The van der Waals surface area contributed by atoms with Crippen LogP contribution in [0.25, 0.3) is 11.2 Å². The number of hydrazone groups is 1. The molecule has 6 rings (SSSR count). The first-order valence-corrected chi connectivity index (χ1v) is 13.3. The van der Waals surface area contributed by atoms with Gasteiger partial charge < -0.3 is 19.1 Å². The summed E-state index contributed by atoms with van der Waals surface area (Å²) in [5, 5.41) is 4.46. The Morgan fingerprint density at radius 1 is 1.05 bits per heavy atom. The summed E-state index contributed by atoms with van der Waals surface area (Å²) in [6, 6.07) is 13.7. The number of aromatic nitrogens is 5. The van der Waals surface area contributed by atoms with Crippen LogP contribution >= 0.6 is 0 Å². The average molecular weight is 526 g/mol. The summed E-state index contributed by atoms with van der Waals surface area (Å²) in [6.07, 6.45) is 6.86. The zero-order valence-corrected chi connectivity index (χ0v) is 21.9. The normalized spacial score (nSPS) is 16.7. The number of pyridine rings is 1. The number of benzene rings is 1. The molecule has 1 N–H and O–H groups in total. The van der Waals surface area contributed by atoms with Gasteiger partial charge in [0.1, 0.15) is 5.69 Å². The molecule has 11 heteroatoms. The van der Waals surface area contributed by atoms with Crippen molar-refractivity contribution in [2.75, 3.05) is 49.7 Å². The zero-order valence-electron chi connectivity index (χ0n) is 21.9. The van der Waals surface area contributed by atoms with Crippen LogP contribution in [-0.4, -0.2) is 80.9 Å². The van der Waals surface area contributed by atoms with E-state index in [1.54, 1.807) is 18.5 Å². The minimum atomic E-state index is -0.0283. The maximum absolute atomic E-state index is 12.9. The molecular formula is C28H31N9O2. The number of aryl methyl sites for hydroxylation is 1. The van der Waals surface area contributed by atoms with Gasteiger partial charge in [0.05, 0.1) is 25.8 Å². The molecule has 2 aliphatic rings. The van der Waals surface area contributed by atoms with Gasteiger partial charge in [-0.3, -0.25) is 15.2 Å². The number of fused-ring (bicyclic) bond motifs is 1. The van der Waals surface area contributed by atoms with Crippen LogP contribution in [0.15, 0.2) is 60.1 Å². The van der Waals surface area contributed by atoms with Crippen LogP contribution in [0, 0.1) is 6.92 Å². The van der Waals surface area contributed by atoms with Gasteiger partial charge in [0, 0.05) is 38.4 Å². The van der Waals surface area contributed by atoms with Gasteiger partial charge in [-0.05, 0) is 37.5 Å². The molecule has 0 spiro atoms. The number of carbonyl (C=O) groups is 1. The van der Waals surface area contributed by atoms with Gasteiger partial charge in [-0.15, -0.1) is 0 Å². The van der Waals surface area contributed by atoms with Crippen molar-refractivity contribution in [3.8, 4) is 0 Å². The number of hydrogen-bond acceptors (Lipinski definition) is 9. The Kier molecular flexibility index (Phi) is 7.13. The lowest BCUT2D eigenvalue weighted by Gasteiger charge is -2.32. The number of carbonyl (C=O) groups excluding carboxylic acids is 1. The zero-order chi connectivity index (χ0) is 26.6. The number of morpholine rings is 1. The van der Waals surface area contributed by atoms with Gasteiger partial charge >= 0.3 is 0 Å². The summed E-state index contributed by atoms with van der Waals surface area (Å²) in [5.74, 6) is 1.16. The van der Waals surface area contributed by atoms with Crippen LogP contribution in [0.5, 0.6) is 0 Å². The van der Waals surface area contributed by atoms with Gasteiger partial charge in [0.15, 0.2) is 17.0 Å². The van der Waals surface area contributed by atoms with Crippen LogP contribution in [0.3, 0.4) is 0 Å². The Labute approximate surface area is 226 Å². The van der Waals surface area contributed by atoms with Gasteiger partial charge in [-0.25, -0.2) is 4.98 Å². The van der Waals surface area contributed by atoms with Gasteiger partial charge in [0.25, 0.3) is 5.91 Å². The first-order chi connectivity index (χ1) is 19.2. The summed E-state index contributed by atoms with van der Waals surface area (Å²) >= 11 is 0. The van der Waals surface area contributed by atoms with E-state index in [0.717, 1.165) is 37.1 Å². The van der Waals surface area contributed by atoms with E-state index in [2.05, 4.69) is 49.0 Å². The summed E-state index contributed by atoms with van der Waals surface area (Å²) in [5.41, 5.74) is 7.19. The second-order valence-electron chi connectivity index (χ2n) is 9.82. The smallest absolute Gasteiger partial charge is 0.272 e. The van der Waals surface area contributed by atoms with E-state index in [1.807, 2.05) is 35.5 Å². The fourth-order valence-electron chi connectivity index (χ4n) is 5.07. The molecule has 2 aliphatic heterocycles. The lowest BCUT2D eigenvalue weighted by Crippen LogP contribution is -2.39. The fraction of sp³-hybridized carbons (Fsp3) is 0.357. The van der Waals surface area contributed by atoms with Gasteiger partial charge in [-0.2, -0.15) is 15.1 Å². The van der Waals surface area contributed by atoms with Crippen LogP contribution in [0.1, 0.15) is 40.5 Å². The predicted molar refractivity (Wildman–Crippen MR) is 149 cm³/mol. The minimum Gasteiger partial charge on any atom is -0.378 e. The molecule has 0 saturated carbocycles. The fourth-order valence-corrected chi connectivity index (χ4v) is 5.07. The molecule has 1 aromatic carbocycles. The van der Waals surface area contributed by atoms with E-state index >= 15 is 0 Å². The first-order valence-electron chi connectivity index (χ1n) is 13.3. The Bertz CT molecular complexity index is 1470. The summed E-state index contributed by atoms with van der Waals surface area (Å²) in [6.45, 7) is 6.06. The summed E-state index contributed by atoms with van der Waals surface area (Å²) < 4.78 is 7.66. The molecule has 0 radical (unpaired) electrons. The molecule has 0 aliphatic carbocycles. The van der Waals surface area contributed by atoms with E-state index in [4.69, 9.17) is 14.7 Å². The van der Waals surface area contributed by atoms with Crippen molar-refractivity contribution in [2.24, 2.45) is 5.10 Å². The SMILES string of the molecule is Cc1cccc(/C=N/Nc2nc(N3CCOCC3)nc3c2ncn3C2CCN(C(=O)c3ccccn3)CC2)c1. The number of amides is 1. The third-order valence-corrected chi connectivity index (χ3v) is 7.16. The molecule has 39 heavy (non-hydrogen) atoms. The molecule has 4 aromatic rings. The first kappa shape index (κ1) is 24.9. The Morgan fingerprint density at radius 2 is 1.90 bits per heavy atom. The number of anilines is 2. The van der Waals surface area contributed by atoms with Crippen LogP contribution in [0.2, 0.25) is 0 Å². The predicted octanol–water partition coefficient (Wildman–Crippen LogP) is 3.29. The Hall–Kier alpha value is -4.38. The summed E-state index contributed by atoms with van der Waals surface area (Å²) in [4.78, 5) is 35.5. The van der Waals surface area contributed by atoms with E-state index in [0.29, 0.717) is 49.3 Å². The lowest BCUT2D eigenvalue weighted by molar-refractivity contribution is 0.0690. The van der Waals surface area contributed by atoms with Crippen LogP contribution in [-0.2, 0) is 4.74 Å². The number of ether oxygens (including phenoxy) is 1. The lowest BCUT2D eigenvalue weighted by atomic mass is 10.0. The summed E-state index contributed by atoms with van der Waals surface area (Å²) in [7, 11) is 0. The van der Waals surface area contributed by atoms with Crippen molar-refractivity contribution >= 4 is 35.1 Å². The Morgan fingerprint density at radius 3 is 2.67 bits per heavy atom. The highest BCUT2D eigenvalue weighted by Gasteiger charge is 2.27. The minimum absolute atomic E-state index is 0.0283. The van der Waals surface area contributed by atoms with Crippen molar-refractivity contribution in [3.05, 3.63) is 71.8 Å². The number of piperidine rings is 1. The van der Waals surface area contributed by atoms with Crippen molar-refractivity contribution in [1.82, 2.24) is 29.4 Å². The number of likely N-dealkylation sites (tertiary alicyclic amines) is 1. The molecule has 5 heterocycles. The molecule has 0 atom stereocenters. The van der Waals surface area contributed by atoms with E-state index in [-0.39, 0.29) is 11.9 Å². The molecule has 1 amide bonds. The van der Waals surface area contributed by atoms with Crippen molar-refractivity contribution in [1.29, 1.82) is 0 Å². The number of hydrogen-bond donors (Lipinski definition) is 1. The van der Waals surface area contributed by atoms with Crippen molar-refractivity contribution < 1.29 is 9.53 Å². The van der Waals surface area contributed by atoms with Crippen molar-refractivity contribution in [3.63, 3.8) is 0 Å². The Balaban J connectivity index is 1.26. The van der Waals surface area contributed by atoms with Gasteiger partial charge in [0.2, 0.25) is 5.95 Å². The van der Waals surface area contributed by atoms with Crippen LogP contribution in [0.4, 0.5) is 11.8 Å². The topological polar surface area (TPSA) is 114 Å². The van der Waals surface area contributed by atoms with E-state index < -0.39 is 0 Å². The molecule has 200 valence electrons. The largest absolute Gasteiger partial charge is 0.378 e. The number of rotatable bonds is 6. The maximum Gasteiger partial charge on any atom is 0.272 e. The third-order valence-electron chi connectivity index (χ3n) is 7.16. The molecule has 2 saturated heterocycles. The van der Waals surface area contributed by atoms with Crippen molar-refractivity contribution in [2.45, 2.75) is 25.8 Å². The van der Waals surface area contributed by atoms with E-state index in [9.17, 15) is 4.79 Å². The molecule has 0 unspecified atom stereocenters. The number of nitrogens with zero attached hydrogens (tertiary/aromatic N) is 8. The molecule has 2 fully saturated rings. The number of imidazole rings is 1. The second kappa shape index (κ2) is 11.2. The molecular weight excluding hydrogens is 494 g/mol. The number of nitrogens with one attached hydrogen (secondary N) is 1. The average Bonchev–Trinajstić information content (AvgIpc) is 3.42. The monoisotopic (exact) mass is 525 g/mol. The highest BCUT2D eigenvalue weighted by molar-refractivity contribution is 5.92. The quantitative estimate of drug-likeness (QED) is 0.301. The highest BCUT2D eigenvalue weighted by Crippen LogP contribution is 2.30. The maximum atomic E-state index is 12.9. The second-order valence-corrected chi connectivity index (χ2v) is 9.82.